The summed E-state index contributed by atoms with van der Waals surface area (Å²) in [6.45, 7) is 2.02. The van der Waals surface area contributed by atoms with Crippen molar-refractivity contribution in [2.24, 2.45) is 0 Å². The van der Waals surface area contributed by atoms with Crippen LogP contribution in [0, 0.1) is 0 Å². The highest BCUT2D eigenvalue weighted by Gasteiger charge is 2.33. The number of ether oxygens (including phenoxy) is 3. The number of carbonyl (C=O) groups excluding carboxylic acids is 2. The van der Waals surface area contributed by atoms with Gasteiger partial charge in [0.25, 0.3) is 0 Å². The van der Waals surface area contributed by atoms with Crippen molar-refractivity contribution in [1.82, 2.24) is 30.8 Å². The summed E-state index contributed by atoms with van der Waals surface area (Å²) in [6, 6.07) is 33.0. The normalized spacial score (nSPS) is 17.2. The Kier molecular flexibility index (Phi) is 11.8. The number of esters is 1. The van der Waals surface area contributed by atoms with Gasteiger partial charge in [0.05, 0.1) is 31.1 Å². The van der Waals surface area contributed by atoms with E-state index in [1.54, 1.807) is 11.6 Å². The minimum absolute atomic E-state index is 0.0281. The topological polar surface area (TPSA) is 150 Å². The molecule has 1 saturated heterocycles. The van der Waals surface area contributed by atoms with Gasteiger partial charge in [-0.1, -0.05) is 90.6 Å². The number of hydrogen-bond acceptors (Lipinski definition) is 10. The van der Waals surface area contributed by atoms with E-state index in [2.05, 4.69) is 32.2 Å². The van der Waals surface area contributed by atoms with Crippen LogP contribution in [0.3, 0.4) is 0 Å². The van der Waals surface area contributed by atoms with Gasteiger partial charge in [-0.3, -0.25) is 4.79 Å². The van der Waals surface area contributed by atoms with E-state index >= 15 is 0 Å². The standard InChI is InChI=1S/C37H38N6O6S/c1-2-47-34(45)22-39-36(46)38-21-26-8-6-9-28(18-26)29-10-7-11-30(19-29)35-48-32(20-33(49-35)27-16-14-25(23-44)15-17-27)24-50-37-40-41-42-43(37)31-12-4-3-5-13-31/h3-19,32-33,35,44H,2,20-24H2,1H3,(H2,38,39,46). The van der Waals surface area contributed by atoms with Gasteiger partial charge < -0.3 is 30.0 Å². The van der Waals surface area contributed by atoms with Crippen molar-refractivity contribution in [2.75, 3.05) is 18.9 Å². The van der Waals surface area contributed by atoms with Gasteiger partial charge in [-0.2, -0.15) is 4.68 Å². The molecule has 2 amide bonds. The van der Waals surface area contributed by atoms with Gasteiger partial charge in [0.1, 0.15) is 6.54 Å². The molecule has 1 aromatic heterocycles. The zero-order chi connectivity index (χ0) is 34.7. The fraction of sp³-hybridized carbons (Fsp3) is 0.270. The molecule has 0 radical (unpaired) electrons. The summed E-state index contributed by atoms with van der Waals surface area (Å²) in [5.41, 5.74) is 6.40. The number of benzene rings is 4. The van der Waals surface area contributed by atoms with Crippen molar-refractivity contribution >= 4 is 23.8 Å². The first-order valence-corrected chi connectivity index (χ1v) is 17.3. The number of tetrazole rings is 1. The van der Waals surface area contributed by atoms with E-state index in [1.165, 1.54) is 11.8 Å². The highest BCUT2D eigenvalue weighted by atomic mass is 32.2. The van der Waals surface area contributed by atoms with Gasteiger partial charge in [-0.15, -0.1) is 5.10 Å². The quantitative estimate of drug-likeness (QED) is 0.106. The lowest BCUT2D eigenvalue weighted by atomic mass is 9.99. The third-order valence-corrected chi connectivity index (χ3v) is 9.08. The monoisotopic (exact) mass is 694 g/mol. The summed E-state index contributed by atoms with van der Waals surface area (Å²) in [4.78, 5) is 23.7. The number of nitrogens with one attached hydrogen (secondary N) is 2. The Morgan fingerprint density at radius 1 is 0.900 bits per heavy atom. The SMILES string of the molecule is CCOC(=O)CNC(=O)NCc1cccc(-c2cccc(C3OC(CSc4nnnn4-c4ccccc4)CC(c4ccc(CO)cc4)O3)c2)c1. The summed E-state index contributed by atoms with van der Waals surface area (Å²) in [6.07, 6.45) is -0.452. The zero-order valence-electron chi connectivity index (χ0n) is 27.5. The lowest BCUT2D eigenvalue weighted by molar-refractivity contribution is -0.245. The van der Waals surface area contributed by atoms with Crippen molar-refractivity contribution < 1.29 is 28.9 Å². The molecule has 0 saturated carbocycles. The number of aromatic nitrogens is 4. The second kappa shape index (κ2) is 17.0. The number of thioether (sulfide) groups is 1. The molecule has 50 heavy (non-hydrogen) atoms. The number of aliphatic hydroxyl groups excluding tert-OH is 1. The molecule has 4 aromatic carbocycles. The number of para-hydroxylation sites is 1. The molecule has 1 aliphatic rings. The average Bonchev–Trinajstić information content (AvgIpc) is 3.65. The van der Waals surface area contributed by atoms with Gasteiger partial charge in [-0.05, 0) is 69.4 Å². The van der Waals surface area contributed by atoms with E-state index in [0.29, 0.717) is 17.3 Å². The van der Waals surface area contributed by atoms with Crippen LogP contribution in [-0.4, -0.2) is 62.3 Å². The van der Waals surface area contributed by atoms with Gasteiger partial charge >= 0.3 is 12.0 Å². The van der Waals surface area contributed by atoms with Crippen LogP contribution in [0.2, 0.25) is 0 Å². The van der Waals surface area contributed by atoms with Crippen LogP contribution in [0.15, 0.2) is 108 Å². The molecule has 0 aliphatic carbocycles. The van der Waals surface area contributed by atoms with Gasteiger partial charge in [0.2, 0.25) is 5.16 Å². The Morgan fingerprint density at radius 2 is 1.68 bits per heavy atom. The van der Waals surface area contributed by atoms with Crippen LogP contribution in [-0.2, 0) is 32.2 Å². The van der Waals surface area contributed by atoms with Gasteiger partial charge in [0.15, 0.2) is 6.29 Å². The number of urea groups is 1. The molecular weight excluding hydrogens is 657 g/mol. The van der Waals surface area contributed by atoms with Crippen LogP contribution < -0.4 is 10.6 Å². The summed E-state index contributed by atoms with van der Waals surface area (Å²) in [5.74, 6) is 0.108. The van der Waals surface area contributed by atoms with Crippen molar-refractivity contribution in [3.05, 3.63) is 125 Å². The van der Waals surface area contributed by atoms with Crippen LogP contribution in [0.4, 0.5) is 4.79 Å². The smallest absolute Gasteiger partial charge is 0.325 e. The third-order valence-electron chi connectivity index (χ3n) is 8.03. The summed E-state index contributed by atoms with van der Waals surface area (Å²) in [7, 11) is 0. The molecule has 6 rings (SSSR count). The van der Waals surface area contributed by atoms with Crippen molar-refractivity contribution in [2.45, 2.75) is 50.2 Å². The molecule has 3 unspecified atom stereocenters. The lowest BCUT2D eigenvalue weighted by Gasteiger charge is -2.36. The maximum absolute atomic E-state index is 12.2. The van der Waals surface area contributed by atoms with Crippen molar-refractivity contribution in [3.63, 3.8) is 0 Å². The van der Waals surface area contributed by atoms with E-state index in [4.69, 9.17) is 14.2 Å². The molecule has 2 heterocycles. The lowest BCUT2D eigenvalue weighted by Crippen LogP contribution is -2.38. The molecule has 3 N–H and O–H groups in total. The summed E-state index contributed by atoms with van der Waals surface area (Å²) >= 11 is 1.53. The van der Waals surface area contributed by atoms with E-state index < -0.39 is 18.3 Å². The second-order valence-corrected chi connectivity index (χ2v) is 12.5. The van der Waals surface area contributed by atoms with E-state index in [-0.39, 0.29) is 38.5 Å². The first-order valence-electron chi connectivity index (χ1n) is 16.3. The Hall–Kier alpha value is -5.08. The number of aliphatic hydroxyl groups is 1. The Bertz CT molecular complexity index is 1870. The number of hydrogen-bond donors (Lipinski definition) is 3. The number of nitrogens with zero attached hydrogens (tertiary/aromatic N) is 4. The van der Waals surface area contributed by atoms with Crippen LogP contribution in [0.5, 0.6) is 0 Å². The Labute approximate surface area is 294 Å². The predicted octanol–water partition coefficient (Wildman–Crippen LogP) is 5.52. The summed E-state index contributed by atoms with van der Waals surface area (Å²) in [5, 5.41) is 27.9. The number of amides is 2. The molecular formula is C37H38N6O6S. The largest absolute Gasteiger partial charge is 0.465 e. The average molecular weight is 695 g/mol. The van der Waals surface area contributed by atoms with Gasteiger partial charge in [0, 0.05) is 24.3 Å². The van der Waals surface area contributed by atoms with Crippen LogP contribution >= 0.6 is 11.8 Å². The molecule has 0 spiro atoms. The molecule has 12 nitrogen and oxygen atoms in total. The number of carbonyl (C=O) groups is 2. The highest BCUT2D eigenvalue weighted by Crippen LogP contribution is 2.40. The maximum atomic E-state index is 12.2. The Balaban J connectivity index is 1.17. The zero-order valence-corrected chi connectivity index (χ0v) is 28.3. The van der Waals surface area contributed by atoms with Crippen molar-refractivity contribution in [3.8, 4) is 16.8 Å². The van der Waals surface area contributed by atoms with Crippen LogP contribution in [0.1, 0.15) is 48.0 Å². The second-order valence-electron chi connectivity index (χ2n) is 11.5. The molecule has 1 aliphatic heterocycles. The molecule has 13 heteroatoms. The first-order chi connectivity index (χ1) is 24.5. The van der Waals surface area contributed by atoms with Crippen LogP contribution in [0.25, 0.3) is 16.8 Å². The van der Waals surface area contributed by atoms with E-state index in [1.807, 2.05) is 97.1 Å². The molecule has 258 valence electrons. The predicted molar refractivity (Wildman–Crippen MR) is 187 cm³/mol. The highest BCUT2D eigenvalue weighted by molar-refractivity contribution is 7.99. The molecule has 3 atom stereocenters. The summed E-state index contributed by atoms with van der Waals surface area (Å²) < 4.78 is 19.8. The molecule has 5 aromatic rings. The van der Waals surface area contributed by atoms with Gasteiger partial charge in [-0.25, -0.2) is 4.79 Å². The van der Waals surface area contributed by atoms with Crippen molar-refractivity contribution in [1.29, 1.82) is 0 Å². The first kappa shape index (κ1) is 34.8. The fourth-order valence-corrected chi connectivity index (χ4v) is 6.43. The molecule has 0 bridgehead atoms. The Morgan fingerprint density at radius 3 is 2.46 bits per heavy atom. The van der Waals surface area contributed by atoms with E-state index in [9.17, 15) is 14.7 Å². The van der Waals surface area contributed by atoms with E-state index in [0.717, 1.165) is 39.1 Å². The minimum Gasteiger partial charge on any atom is -0.465 e. The maximum Gasteiger partial charge on any atom is 0.325 e. The molecule has 1 fully saturated rings. The number of rotatable bonds is 13. The fourth-order valence-electron chi connectivity index (χ4n) is 5.53. The minimum atomic E-state index is -0.644. The third kappa shape index (κ3) is 9.12.